The maximum atomic E-state index is 11.7. The number of carbonyl (C=O) groups is 2. The summed E-state index contributed by atoms with van der Waals surface area (Å²) in [5.74, 6) is 1.15. The SMILES string of the molecule is COC(=O)C(C)CSCC(=O)NCc1cccc(OC)c1. The first-order valence-corrected chi connectivity index (χ1v) is 7.77. The van der Waals surface area contributed by atoms with Crippen molar-refractivity contribution in [2.75, 3.05) is 25.7 Å². The van der Waals surface area contributed by atoms with Gasteiger partial charge in [0.15, 0.2) is 0 Å². The smallest absolute Gasteiger partial charge is 0.309 e. The molecule has 0 radical (unpaired) electrons. The van der Waals surface area contributed by atoms with Crippen LogP contribution in [0.3, 0.4) is 0 Å². The zero-order chi connectivity index (χ0) is 15.7. The fourth-order valence-electron chi connectivity index (χ4n) is 1.63. The molecule has 21 heavy (non-hydrogen) atoms. The minimum Gasteiger partial charge on any atom is -0.497 e. The molecule has 0 saturated heterocycles. The predicted octanol–water partition coefficient (Wildman–Crippen LogP) is 1.85. The van der Waals surface area contributed by atoms with Crippen molar-refractivity contribution in [3.8, 4) is 5.75 Å². The fraction of sp³-hybridized carbons (Fsp3) is 0.467. The molecule has 1 rings (SSSR count). The monoisotopic (exact) mass is 311 g/mol. The Labute approximate surface area is 129 Å². The molecule has 0 fully saturated rings. The molecule has 1 N–H and O–H groups in total. The van der Waals surface area contributed by atoms with E-state index in [0.29, 0.717) is 18.1 Å². The Morgan fingerprint density at radius 2 is 2.10 bits per heavy atom. The summed E-state index contributed by atoms with van der Waals surface area (Å²) in [6, 6.07) is 7.55. The van der Waals surface area contributed by atoms with Gasteiger partial charge >= 0.3 is 5.97 Å². The lowest BCUT2D eigenvalue weighted by atomic mass is 10.2. The Balaban J connectivity index is 2.26. The normalized spacial score (nSPS) is 11.6. The van der Waals surface area contributed by atoms with Gasteiger partial charge < -0.3 is 14.8 Å². The van der Waals surface area contributed by atoms with Crippen molar-refractivity contribution < 1.29 is 19.1 Å². The Kier molecular flexibility index (Phi) is 7.68. The van der Waals surface area contributed by atoms with E-state index in [1.54, 1.807) is 14.0 Å². The van der Waals surface area contributed by atoms with Gasteiger partial charge in [0, 0.05) is 12.3 Å². The number of rotatable bonds is 8. The molecular formula is C15H21NO4S. The average Bonchev–Trinajstić information content (AvgIpc) is 2.52. The molecule has 0 saturated carbocycles. The summed E-state index contributed by atoms with van der Waals surface area (Å²) in [5, 5.41) is 2.84. The van der Waals surface area contributed by atoms with Gasteiger partial charge in [-0.2, -0.15) is 11.8 Å². The summed E-state index contributed by atoms with van der Waals surface area (Å²) in [6.45, 7) is 2.25. The van der Waals surface area contributed by atoms with Crippen LogP contribution in [-0.4, -0.2) is 37.6 Å². The minimum absolute atomic E-state index is 0.0557. The topological polar surface area (TPSA) is 64.6 Å². The van der Waals surface area contributed by atoms with E-state index < -0.39 is 0 Å². The number of thioether (sulfide) groups is 1. The maximum absolute atomic E-state index is 11.7. The highest BCUT2D eigenvalue weighted by atomic mass is 32.2. The largest absolute Gasteiger partial charge is 0.497 e. The molecule has 1 atom stereocenters. The highest BCUT2D eigenvalue weighted by molar-refractivity contribution is 7.99. The third kappa shape index (κ3) is 6.53. The van der Waals surface area contributed by atoms with Gasteiger partial charge in [-0.05, 0) is 17.7 Å². The zero-order valence-corrected chi connectivity index (χ0v) is 13.4. The lowest BCUT2D eigenvalue weighted by Crippen LogP contribution is -2.25. The molecule has 0 aliphatic carbocycles. The van der Waals surface area contributed by atoms with Crippen LogP contribution in [0.25, 0.3) is 0 Å². The Bertz CT molecular complexity index is 478. The molecule has 0 aliphatic heterocycles. The number of amides is 1. The molecule has 1 amide bonds. The van der Waals surface area contributed by atoms with E-state index in [1.165, 1.54) is 18.9 Å². The van der Waals surface area contributed by atoms with E-state index in [2.05, 4.69) is 10.1 Å². The molecule has 5 nitrogen and oxygen atoms in total. The summed E-state index contributed by atoms with van der Waals surface area (Å²) in [6.07, 6.45) is 0. The van der Waals surface area contributed by atoms with Gasteiger partial charge in [-0.1, -0.05) is 19.1 Å². The number of carbonyl (C=O) groups excluding carboxylic acids is 2. The molecule has 1 unspecified atom stereocenters. The van der Waals surface area contributed by atoms with Gasteiger partial charge in [0.1, 0.15) is 5.75 Å². The van der Waals surface area contributed by atoms with Crippen molar-refractivity contribution >= 4 is 23.6 Å². The number of methoxy groups -OCH3 is 2. The van der Waals surface area contributed by atoms with Crippen molar-refractivity contribution in [1.82, 2.24) is 5.32 Å². The number of ether oxygens (including phenoxy) is 2. The van der Waals surface area contributed by atoms with Gasteiger partial charge in [-0.15, -0.1) is 0 Å². The zero-order valence-electron chi connectivity index (χ0n) is 12.5. The molecule has 0 aliphatic rings. The molecule has 0 heterocycles. The van der Waals surface area contributed by atoms with Crippen molar-refractivity contribution in [1.29, 1.82) is 0 Å². The first kappa shape index (κ1) is 17.4. The van der Waals surface area contributed by atoms with Crippen molar-refractivity contribution in [3.63, 3.8) is 0 Å². The van der Waals surface area contributed by atoms with Crippen LogP contribution in [0.5, 0.6) is 5.75 Å². The summed E-state index contributed by atoms with van der Waals surface area (Å²) < 4.78 is 9.76. The maximum Gasteiger partial charge on any atom is 0.309 e. The number of esters is 1. The molecule has 0 aromatic heterocycles. The molecule has 1 aromatic carbocycles. The van der Waals surface area contributed by atoms with Gasteiger partial charge in [0.25, 0.3) is 0 Å². The second-order valence-electron chi connectivity index (χ2n) is 4.57. The van der Waals surface area contributed by atoms with Crippen LogP contribution >= 0.6 is 11.8 Å². The summed E-state index contributed by atoms with van der Waals surface area (Å²) in [5.41, 5.74) is 0.982. The fourth-order valence-corrected chi connectivity index (χ4v) is 2.53. The van der Waals surface area contributed by atoms with E-state index in [4.69, 9.17) is 4.74 Å². The number of hydrogen-bond acceptors (Lipinski definition) is 5. The van der Waals surface area contributed by atoms with Gasteiger partial charge in [-0.3, -0.25) is 9.59 Å². The Hall–Kier alpha value is -1.69. The standard InChI is InChI=1S/C15H21NO4S/c1-11(15(18)20-3)9-21-10-14(17)16-8-12-5-4-6-13(7-12)19-2/h4-7,11H,8-10H2,1-3H3,(H,16,17). The quantitative estimate of drug-likeness (QED) is 0.742. The van der Waals surface area contributed by atoms with Crippen molar-refractivity contribution in [2.24, 2.45) is 5.92 Å². The minimum atomic E-state index is -0.251. The molecular weight excluding hydrogens is 290 g/mol. The number of benzene rings is 1. The summed E-state index contributed by atoms with van der Waals surface area (Å²) in [4.78, 5) is 22.9. The lowest BCUT2D eigenvalue weighted by molar-refractivity contribution is -0.144. The Morgan fingerprint density at radius 3 is 2.76 bits per heavy atom. The van der Waals surface area contributed by atoms with Crippen LogP contribution < -0.4 is 10.1 Å². The molecule has 116 valence electrons. The third-order valence-corrected chi connectivity index (χ3v) is 4.03. The van der Waals surface area contributed by atoms with Crippen molar-refractivity contribution in [3.05, 3.63) is 29.8 Å². The lowest BCUT2D eigenvalue weighted by Gasteiger charge is -2.09. The van der Waals surface area contributed by atoms with E-state index in [0.717, 1.165) is 11.3 Å². The van der Waals surface area contributed by atoms with Crippen LogP contribution in [-0.2, 0) is 20.9 Å². The average molecular weight is 311 g/mol. The molecule has 0 spiro atoms. The highest BCUT2D eigenvalue weighted by Crippen LogP contribution is 2.12. The molecule has 0 bridgehead atoms. The van der Waals surface area contributed by atoms with Crippen molar-refractivity contribution in [2.45, 2.75) is 13.5 Å². The van der Waals surface area contributed by atoms with Gasteiger partial charge in [-0.25, -0.2) is 0 Å². The number of hydrogen-bond donors (Lipinski definition) is 1. The van der Waals surface area contributed by atoms with Gasteiger partial charge in [0.05, 0.1) is 25.9 Å². The number of nitrogens with one attached hydrogen (secondary N) is 1. The van der Waals surface area contributed by atoms with Crippen LogP contribution in [0.15, 0.2) is 24.3 Å². The van der Waals surface area contributed by atoms with E-state index in [-0.39, 0.29) is 17.8 Å². The van der Waals surface area contributed by atoms with Gasteiger partial charge in [0.2, 0.25) is 5.91 Å². The molecule has 1 aromatic rings. The van der Waals surface area contributed by atoms with Crippen LogP contribution in [0, 0.1) is 5.92 Å². The Morgan fingerprint density at radius 1 is 1.33 bits per heavy atom. The molecule has 6 heteroatoms. The second kappa shape index (κ2) is 9.28. The van der Waals surface area contributed by atoms with Crippen LogP contribution in [0.1, 0.15) is 12.5 Å². The van der Waals surface area contributed by atoms with E-state index in [9.17, 15) is 9.59 Å². The van der Waals surface area contributed by atoms with E-state index >= 15 is 0 Å². The summed E-state index contributed by atoms with van der Waals surface area (Å²) >= 11 is 1.42. The van der Waals surface area contributed by atoms with Crippen LogP contribution in [0.4, 0.5) is 0 Å². The highest BCUT2D eigenvalue weighted by Gasteiger charge is 2.13. The first-order chi connectivity index (χ1) is 10.1. The predicted molar refractivity (Wildman–Crippen MR) is 83.3 cm³/mol. The first-order valence-electron chi connectivity index (χ1n) is 6.62. The summed E-state index contributed by atoms with van der Waals surface area (Å²) in [7, 11) is 2.97. The second-order valence-corrected chi connectivity index (χ2v) is 5.60. The third-order valence-electron chi connectivity index (χ3n) is 2.83. The van der Waals surface area contributed by atoms with Crippen LogP contribution in [0.2, 0.25) is 0 Å². The van der Waals surface area contributed by atoms with E-state index in [1.807, 2.05) is 24.3 Å².